The van der Waals surface area contributed by atoms with Crippen LogP contribution in [-0.2, 0) is 9.47 Å². The van der Waals surface area contributed by atoms with Crippen LogP contribution in [0.25, 0.3) is 0 Å². The number of ether oxygens (including phenoxy) is 3. The number of amides is 1. The van der Waals surface area contributed by atoms with Crippen molar-refractivity contribution in [2.75, 3.05) is 25.2 Å². The van der Waals surface area contributed by atoms with E-state index in [0.29, 0.717) is 36.6 Å². The Morgan fingerprint density at radius 3 is 2.64 bits per heavy atom. The summed E-state index contributed by atoms with van der Waals surface area (Å²) in [4.78, 5) is 25.5. The summed E-state index contributed by atoms with van der Waals surface area (Å²) in [5.74, 6) is 0.0331. The smallest absolute Gasteiger partial charge is 0.414 e. The molecule has 0 radical (unpaired) electrons. The van der Waals surface area contributed by atoms with Crippen LogP contribution in [-0.4, -0.2) is 37.9 Å². The van der Waals surface area contributed by atoms with Gasteiger partial charge in [-0.05, 0) is 45.4 Å². The third-order valence-electron chi connectivity index (χ3n) is 3.07. The van der Waals surface area contributed by atoms with Crippen molar-refractivity contribution in [3.05, 3.63) is 23.8 Å². The number of nitrogens with zero attached hydrogens (tertiary/aromatic N) is 1. The molecule has 0 fully saturated rings. The molecule has 1 aromatic carbocycles. The molecule has 6 nitrogen and oxygen atoms in total. The standard InChI is InChI=1S/C16H21NO5/c1-16(2,3)22-15(19)17-8-5-9-21-13-10-11(14(18)20-4)6-7-12(13)17/h6-7,10H,5,8-9H2,1-4H3. The molecular formula is C16H21NO5. The van der Waals surface area contributed by atoms with Gasteiger partial charge in [-0.1, -0.05) is 0 Å². The topological polar surface area (TPSA) is 65.1 Å². The van der Waals surface area contributed by atoms with E-state index in [1.165, 1.54) is 12.0 Å². The molecule has 0 bridgehead atoms. The third-order valence-corrected chi connectivity index (χ3v) is 3.07. The first-order valence-corrected chi connectivity index (χ1v) is 7.17. The second-order valence-corrected chi connectivity index (χ2v) is 6.01. The van der Waals surface area contributed by atoms with Crippen molar-refractivity contribution in [3.63, 3.8) is 0 Å². The normalized spacial score (nSPS) is 14.5. The molecule has 0 aliphatic carbocycles. The molecule has 0 atom stereocenters. The molecule has 22 heavy (non-hydrogen) atoms. The zero-order chi connectivity index (χ0) is 16.3. The Balaban J connectivity index is 2.33. The van der Waals surface area contributed by atoms with Crippen LogP contribution in [0, 0.1) is 0 Å². The first kappa shape index (κ1) is 16.1. The van der Waals surface area contributed by atoms with Gasteiger partial charge in [0.05, 0.1) is 25.0 Å². The van der Waals surface area contributed by atoms with Crippen LogP contribution in [0.5, 0.6) is 5.75 Å². The fourth-order valence-corrected chi connectivity index (χ4v) is 2.13. The first-order valence-electron chi connectivity index (χ1n) is 7.17. The monoisotopic (exact) mass is 307 g/mol. The number of hydrogen-bond donors (Lipinski definition) is 0. The number of benzene rings is 1. The van der Waals surface area contributed by atoms with Gasteiger partial charge in [-0.3, -0.25) is 4.90 Å². The minimum absolute atomic E-state index is 0.382. The maximum atomic E-state index is 12.4. The molecule has 1 aromatic rings. The molecule has 0 saturated heterocycles. The number of carbonyl (C=O) groups is 2. The summed E-state index contributed by atoms with van der Waals surface area (Å²) in [6.45, 7) is 6.43. The molecule has 0 aromatic heterocycles. The highest BCUT2D eigenvalue weighted by atomic mass is 16.6. The van der Waals surface area contributed by atoms with Crippen LogP contribution in [0.15, 0.2) is 18.2 Å². The van der Waals surface area contributed by atoms with Crippen LogP contribution < -0.4 is 9.64 Å². The number of rotatable bonds is 1. The summed E-state index contributed by atoms with van der Waals surface area (Å²) in [6, 6.07) is 4.87. The molecule has 6 heteroatoms. The van der Waals surface area contributed by atoms with Crippen LogP contribution >= 0.6 is 0 Å². The minimum atomic E-state index is -0.573. The van der Waals surface area contributed by atoms with E-state index in [2.05, 4.69) is 0 Å². The summed E-state index contributed by atoms with van der Waals surface area (Å²) in [7, 11) is 1.32. The molecule has 0 saturated carbocycles. The number of anilines is 1. The number of esters is 1. The highest BCUT2D eigenvalue weighted by Gasteiger charge is 2.27. The highest BCUT2D eigenvalue weighted by molar-refractivity contribution is 5.94. The van der Waals surface area contributed by atoms with E-state index >= 15 is 0 Å². The number of carbonyl (C=O) groups excluding carboxylic acids is 2. The van der Waals surface area contributed by atoms with Gasteiger partial charge in [0.2, 0.25) is 0 Å². The Bertz CT molecular complexity index is 576. The zero-order valence-electron chi connectivity index (χ0n) is 13.3. The quantitative estimate of drug-likeness (QED) is 0.746. The Morgan fingerprint density at radius 1 is 1.27 bits per heavy atom. The molecule has 120 valence electrons. The highest BCUT2D eigenvalue weighted by Crippen LogP contribution is 2.33. The Morgan fingerprint density at radius 2 is 2.00 bits per heavy atom. The average Bonchev–Trinajstić information content (AvgIpc) is 2.66. The van der Waals surface area contributed by atoms with Crippen molar-refractivity contribution in [3.8, 4) is 5.75 Å². The van der Waals surface area contributed by atoms with Gasteiger partial charge in [0.15, 0.2) is 0 Å². The Labute approximate surface area is 129 Å². The maximum absolute atomic E-state index is 12.4. The van der Waals surface area contributed by atoms with Crippen molar-refractivity contribution in [2.45, 2.75) is 32.8 Å². The molecule has 1 amide bonds. The number of methoxy groups -OCH3 is 1. The fraction of sp³-hybridized carbons (Fsp3) is 0.500. The summed E-state index contributed by atoms with van der Waals surface area (Å²) in [5, 5.41) is 0. The van der Waals surface area contributed by atoms with Gasteiger partial charge in [-0.2, -0.15) is 0 Å². The van der Waals surface area contributed by atoms with Gasteiger partial charge < -0.3 is 14.2 Å². The lowest BCUT2D eigenvalue weighted by atomic mass is 10.1. The van der Waals surface area contributed by atoms with E-state index in [4.69, 9.17) is 14.2 Å². The number of hydrogen-bond acceptors (Lipinski definition) is 5. The predicted molar refractivity (Wildman–Crippen MR) is 81.5 cm³/mol. The SMILES string of the molecule is COC(=O)c1ccc2c(c1)OCCCN2C(=O)OC(C)(C)C. The van der Waals surface area contributed by atoms with Gasteiger partial charge in [-0.15, -0.1) is 0 Å². The summed E-state index contributed by atoms with van der Waals surface area (Å²) >= 11 is 0. The molecule has 0 N–H and O–H groups in total. The van der Waals surface area contributed by atoms with Crippen molar-refractivity contribution in [1.82, 2.24) is 0 Å². The molecule has 0 unspecified atom stereocenters. The lowest BCUT2D eigenvalue weighted by molar-refractivity contribution is 0.0578. The minimum Gasteiger partial charge on any atom is -0.491 e. The molecule has 1 aliphatic rings. The molecule has 0 spiro atoms. The lowest BCUT2D eigenvalue weighted by Crippen LogP contribution is -2.37. The van der Waals surface area contributed by atoms with Gasteiger partial charge in [0, 0.05) is 6.54 Å². The summed E-state index contributed by atoms with van der Waals surface area (Å²) in [5.41, 5.74) is 0.405. The fourth-order valence-electron chi connectivity index (χ4n) is 2.13. The predicted octanol–water partition coefficient (Wildman–Crippen LogP) is 3.00. The van der Waals surface area contributed by atoms with Crippen LogP contribution in [0.4, 0.5) is 10.5 Å². The average molecular weight is 307 g/mol. The third kappa shape index (κ3) is 3.69. The largest absolute Gasteiger partial charge is 0.491 e. The van der Waals surface area contributed by atoms with E-state index in [0.717, 1.165) is 0 Å². The van der Waals surface area contributed by atoms with E-state index in [-0.39, 0.29) is 0 Å². The van der Waals surface area contributed by atoms with Gasteiger partial charge >= 0.3 is 12.1 Å². The molecule has 2 rings (SSSR count). The molecule has 1 heterocycles. The Kier molecular flexibility index (Phi) is 4.59. The maximum Gasteiger partial charge on any atom is 0.414 e. The molecule has 1 aliphatic heterocycles. The zero-order valence-corrected chi connectivity index (χ0v) is 13.3. The van der Waals surface area contributed by atoms with Gasteiger partial charge in [0.1, 0.15) is 11.4 Å². The first-order chi connectivity index (χ1) is 10.3. The van der Waals surface area contributed by atoms with Gasteiger partial charge in [-0.25, -0.2) is 9.59 Å². The lowest BCUT2D eigenvalue weighted by Gasteiger charge is -2.27. The number of fused-ring (bicyclic) bond motifs is 1. The van der Waals surface area contributed by atoms with Crippen molar-refractivity contribution in [1.29, 1.82) is 0 Å². The summed E-state index contributed by atoms with van der Waals surface area (Å²) < 4.78 is 15.8. The Hall–Kier alpha value is -2.24. The van der Waals surface area contributed by atoms with Gasteiger partial charge in [0.25, 0.3) is 0 Å². The van der Waals surface area contributed by atoms with Crippen molar-refractivity contribution in [2.24, 2.45) is 0 Å². The van der Waals surface area contributed by atoms with Crippen LogP contribution in [0.1, 0.15) is 37.6 Å². The van der Waals surface area contributed by atoms with Crippen LogP contribution in [0.2, 0.25) is 0 Å². The molecular weight excluding hydrogens is 286 g/mol. The van der Waals surface area contributed by atoms with Crippen molar-refractivity contribution < 1.29 is 23.8 Å². The van der Waals surface area contributed by atoms with E-state index < -0.39 is 17.7 Å². The van der Waals surface area contributed by atoms with Crippen molar-refractivity contribution >= 4 is 17.7 Å². The van der Waals surface area contributed by atoms with E-state index in [9.17, 15) is 9.59 Å². The van der Waals surface area contributed by atoms with E-state index in [1.54, 1.807) is 18.2 Å². The second-order valence-electron chi connectivity index (χ2n) is 6.01. The van der Waals surface area contributed by atoms with E-state index in [1.807, 2.05) is 20.8 Å². The second kappa shape index (κ2) is 6.25. The summed E-state index contributed by atoms with van der Waals surface area (Å²) in [6.07, 6.45) is 0.256. The van der Waals surface area contributed by atoms with Crippen LogP contribution in [0.3, 0.4) is 0 Å².